The number of aromatic nitrogens is 3. The molecule has 2 heterocycles. The Labute approximate surface area is 152 Å². The minimum absolute atomic E-state index is 0.0874. The first-order valence-corrected chi connectivity index (χ1v) is 8.27. The van der Waals surface area contributed by atoms with Crippen LogP contribution in [-0.2, 0) is 6.54 Å². The smallest absolute Gasteiger partial charge is 0.287 e. The monoisotopic (exact) mass is 362 g/mol. The maximum Gasteiger partial charge on any atom is 0.287 e. The van der Waals surface area contributed by atoms with Crippen LogP contribution in [0.5, 0.6) is 0 Å². The van der Waals surface area contributed by atoms with E-state index < -0.39 is 5.91 Å². The van der Waals surface area contributed by atoms with Gasteiger partial charge >= 0.3 is 0 Å². The van der Waals surface area contributed by atoms with Crippen molar-refractivity contribution in [2.75, 3.05) is 6.54 Å². The molecule has 4 aromatic rings. The van der Waals surface area contributed by atoms with Gasteiger partial charge in [-0.25, -0.2) is 4.68 Å². The summed E-state index contributed by atoms with van der Waals surface area (Å²) in [7, 11) is 0. The van der Waals surface area contributed by atoms with Crippen LogP contribution < -0.4 is 16.3 Å². The molecule has 0 unspecified atom stereocenters. The zero-order valence-electron chi connectivity index (χ0n) is 14.1. The standard InChI is InChI=1S/C19H14N4O4/c24-15-11-17(27-16-8-4-2-6-13(15)16)18(25)20-9-10-23-19(26)12-5-1-3-7-14(12)21-22-23/h1-8,11H,9-10H2,(H,20,25). The van der Waals surface area contributed by atoms with Crippen molar-refractivity contribution in [3.63, 3.8) is 0 Å². The third-order valence-electron chi connectivity index (χ3n) is 4.10. The number of nitrogens with zero attached hydrogens (tertiary/aromatic N) is 3. The van der Waals surface area contributed by atoms with E-state index >= 15 is 0 Å². The van der Waals surface area contributed by atoms with Gasteiger partial charge in [-0.05, 0) is 24.3 Å². The van der Waals surface area contributed by atoms with Crippen molar-refractivity contribution in [1.29, 1.82) is 0 Å². The van der Waals surface area contributed by atoms with E-state index in [-0.39, 0.29) is 29.8 Å². The van der Waals surface area contributed by atoms with E-state index in [1.54, 1.807) is 48.5 Å². The lowest BCUT2D eigenvalue weighted by Gasteiger charge is -2.07. The van der Waals surface area contributed by atoms with Crippen LogP contribution in [0.1, 0.15) is 10.6 Å². The van der Waals surface area contributed by atoms with Gasteiger partial charge in [0.2, 0.25) is 0 Å². The fourth-order valence-corrected chi connectivity index (χ4v) is 2.75. The lowest BCUT2D eigenvalue weighted by molar-refractivity contribution is 0.0924. The Bertz CT molecular complexity index is 1280. The second-order valence-electron chi connectivity index (χ2n) is 5.86. The van der Waals surface area contributed by atoms with E-state index in [0.29, 0.717) is 21.9 Å². The maximum absolute atomic E-state index is 12.4. The van der Waals surface area contributed by atoms with E-state index in [9.17, 15) is 14.4 Å². The number of nitrogens with one attached hydrogen (secondary N) is 1. The number of fused-ring (bicyclic) bond motifs is 2. The van der Waals surface area contributed by atoms with Crippen LogP contribution in [0.3, 0.4) is 0 Å². The minimum Gasteiger partial charge on any atom is -0.451 e. The molecule has 0 atom stereocenters. The Balaban J connectivity index is 1.50. The van der Waals surface area contributed by atoms with Gasteiger partial charge in [-0.3, -0.25) is 14.4 Å². The average Bonchev–Trinajstić information content (AvgIpc) is 2.70. The van der Waals surface area contributed by atoms with E-state index in [0.717, 1.165) is 6.07 Å². The van der Waals surface area contributed by atoms with Gasteiger partial charge in [0.15, 0.2) is 11.2 Å². The predicted octanol–water partition coefficient (Wildman–Crippen LogP) is 1.33. The molecule has 2 aromatic heterocycles. The molecule has 0 bridgehead atoms. The van der Waals surface area contributed by atoms with Crippen LogP contribution in [0.2, 0.25) is 0 Å². The first kappa shape index (κ1) is 16.6. The molecule has 27 heavy (non-hydrogen) atoms. The first-order valence-electron chi connectivity index (χ1n) is 8.27. The Hall–Kier alpha value is -3.81. The number of hydrogen-bond acceptors (Lipinski definition) is 6. The Morgan fingerprint density at radius 1 is 1.04 bits per heavy atom. The van der Waals surface area contributed by atoms with Crippen molar-refractivity contribution in [1.82, 2.24) is 20.3 Å². The molecule has 0 saturated heterocycles. The van der Waals surface area contributed by atoms with Crippen molar-refractivity contribution in [2.45, 2.75) is 6.54 Å². The fraction of sp³-hybridized carbons (Fsp3) is 0.105. The van der Waals surface area contributed by atoms with Gasteiger partial charge in [0.05, 0.1) is 17.3 Å². The van der Waals surface area contributed by atoms with Crippen LogP contribution in [-0.4, -0.2) is 27.4 Å². The molecule has 134 valence electrons. The SMILES string of the molecule is O=C(NCCn1nnc2ccccc2c1=O)c1cc(=O)c2ccccc2o1. The Kier molecular flexibility index (Phi) is 4.21. The molecule has 0 aliphatic heterocycles. The summed E-state index contributed by atoms with van der Waals surface area (Å²) in [5.41, 5.74) is 0.276. The molecule has 1 N–H and O–H groups in total. The Morgan fingerprint density at radius 2 is 1.78 bits per heavy atom. The summed E-state index contributed by atoms with van der Waals surface area (Å²) >= 11 is 0. The number of carbonyl (C=O) groups is 1. The highest BCUT2D eigenvalue weighted by molar-refractivity contribution is 5.93. The molecule has 0 radical (unpaired) electrons. The van der Waals surface area contributed by atoms with Crippen LogP contribution in [0.25, 0.3) is 21.9 Å². The van der Waals surface area contributed by atoms with E-state index in [2.05, 4.69) is 15.6 Å². The van der Waals surface area contributed by atoms with Crippen molar-refractivity contribution >= 4 is 27.8 Å². The molecule has 0 spiro atoms. The third-order valence-corrected chi connectivity index (χ3v) is 4.10. The largest absolute Gasteiger partial charge is 0.451 e. The minimum atomic E-state index is -0.542. The molecule has 1 amide bonds. The van der Waals surface area contributed by atoms with Crippen molar-refractivity contribution in [3.05, 3.63) is 80.9 Å². The number of amides is 1. The summed E-state index contributed by atoms with van der Waals surface area (Å²) in [4.78, 5) is 36.7. The third kappa shape index (κ3) is 3.20. The first-order chi connectivity index (χ1) is 13.1. The quantitative estimate of drug-likeness (QED) is 0.587. The molecule has 0 aliphatic rings. The summed E-state index contributed by atoms with van der Waals surface area (Å²) in [6.07, 6.45) is 0. The summed E-state index contributed by atoms with van der Waals surface area (Å²) in [5.74, 6) is -0.629. The maximum atomic E-state index is 12.4. The zero-order chi connectivity index (χ0) is 18.8. The summed E-state index contributed by atoms with van der Waals surface area (Å²) in [5, 5.41) is 11.3. The molecule has 2 aromatic carbocycles. The van der Waals surface area contributed by atoms with Gasteiger partial charge in [0, 0.05) is 12.6 Å². The van der Waals surface area contributed by atoms with Crippen LogP contribution in [0.15, 0.2) is 68.6 Å². The van der Waals surface area contributed by atoms with Crippen molar-refractivity contribution in [3.8, 4) is 0 Å². The summed E-state index contributed by atoms with van der Waals surface area (Å²) in [6, 6.07) is 14.8. The normalized spacial score (nSPS) is 11.0. The fourth-order valence-electron chi connectivity index (χ4n) is 2.75. The average molecular weight is 362 g/mol. The van der Waals surface area contributed by atoms with Gasteiger partial charge in [0.1, 0.15) is 11.1 Å². The van der Waals surface area contributed by atoms with Gasteiger partial charge in [0.25, 0.3) is 11.5 Å². The lowest BCUT2D eigenvalue weighted by atomic mass is 10.2. The molecule has 0 saturated carbocycles. The van der Waals surface area contributed by atoms with Gasteiger partial charge in [-0.1, -0.05) is 29.5 Å². The van der Waals surface area contributed by atoms with E-state index in [1.807, 2.05) is 0 Å². The van der Waals surface area contributed by atoms with E-state index in [4.69, 9.17) is 4.42 Å². The molecule has 4 rings (SSSR count). The van der Waals surface area contributed by atoms with Gasteiger partial charge in [-0.2, -0.15) is 0 Å². The Morgan fingerprint density at radius 3 is 2.63 bits per heavy atom. The number of hydrogen-bond donors (Lipinski definition) is 1. The highest BCUT2D eigenvalue weighted by Crippen LogP contribution is 2.11. The zero-order valence-corrected chi connectivity index (χ0v) is 14.1. The predicted molar refractivity (Wildman–Crippen MR) is 98.6 cm³/mol. The summed E-state index contributed by atoms with van der Waals surface area (Å²) < 4.78 is 6.66. The number of carbonyl (C=O) groups excluding carboxylic acids is 1. The number of benzene rings is 2. The highest BCUT2D eigenvalue weighted by Gasteiger charge is 2.12. The van der Waals surface area contributed by atoms with Crippen molar-refractivity contribution < 1.29 is 9.21 Å². The highest BCUT2D eigenvalue weighted by atomic mass is 16.3. The van der Waals surface area contributed by atoms with Crippen LogP contribution in [0.4, 0.5) is 0 Å². The molecular formula is C19H14N4O4. The second kappa shape index (κ2) is 6.83. The van der Waals surface area contributed by atoms with Gasteiger partial charge in [-0.15, -0.1) is 5.10 Å². The topological polar surface area (TPSA) is 107 Å². The second-order valence-corrected chi connectivity index (χ2v) is 5.86. The molecule has 0 aliphatic carbocycles. The molecule has 8 heteroatoms. The number of rotatable bonds is 4. The number of para-hydroxylation sites is 1. The van der Waals surface area contributed by atoms with E-state index in [1.165, 1.54) is 4.68 Å². The van der Waals surface area contributed by atoms with Gasteiger partial charge < -0.3 is 9.73 Å². The molecule has 0 fully saturated rings. The van der Waals surface area contributed by atoms with Crippen LogP contribution >= 0.6 is 0 Å². The summed E-state index contributed by atoms with van der Waals surface area (Å²) in [6.45, 7) is 0.266. The lowest BCUT2D eigenvalue weighted by Crippen LogP contribution is -2.32. The van der Waals surface area contributed by atoms with Crippen LogP contribution in [0, 0.1) is 0 Å². The van der Waals surface area contributed by atoms with Crippen molar-refractivity contribution in [2.24, 2.45) is 0 Å². The molecular weight excluding hydrogens is 348 g/mol. The molecule has 8 nitrogen and oxygen atoms in total.